The van der Waals surface area contributed by atoms with Gasteiger partial charge >= 0.3 is 0 Å². The van der Waals surface area contributed by atoms with Gasteiger partial charge in [-0.25, -0.2) is 0 Å². The molecule has 10 aromatic rings. The van der Waals surface area contributed by atoms with Crippen LogP contribution in [0, 0.1) is 0 Å². The van der Waals surface area contributed by atoms with Crippen LogP contribution < -0.4 is 4.90 Å². The summed E-state index contributed by atoms with van der Waals surface area (Å²) in [5, 5.41) is 7.33. The summed E-state index contributed by atoms with van der Waals surface area (Å²) in [5.74, 6) is 0. The average molecular weight is 663 g/mol. The first-order valence-electron chi connectivity index (χ1n) is 17.9. The second kappa shape index (κ2) is 12.5. The molecule has 2 heteroatoms. The van der Waals surface area contributed by atoms with Crippen molar-refractivity contribution in [3.8, 4) is 27.9 Å². The van der Waals surface area contributed by atoms with Crippen molar-refractivity contribution in [1.82, 2.24) is 4.57 Å². The summed E-state index contributed by atoms with van der Waals surface area (Å²) in [4.78, 5) is 2.46. The van der Waals surface area contributed by atoms with Gasteiger partial charge in [-0.1, -0.05) is 152 Å². The standard InChI is InChI=1S/C50H34N2/c1-5-17-35(18-6-1)37-29-31-47-45(33-37)46-34-40(30-32-48(46)52(47)39-23-11-4-12-24-39)51(38-21-9-3-10-22-38)50-43-27-15-13-25-41(43)49(36-19-7-2-8-20-36)42-26-14-16-28-44(42)50/h1-34H. The first-order chi connectivity index (χ1) is 25.8. The van der Waals surface area contributed by atoms with Crippen LogP contribution >= 0.6 is 0 Å². The van der Waals surface area contributed by atoms with Crippen LogP contribution in [0.25, 0.3) is 71.3 Å². The Balaban J connectivity index is 1.29. The molecule has 1 heterocycles. The van der Waals surface area contributed by atoms with Gasteiger partial charge in [0.2, 0.25) is 0 Å². The molecule has 9 aromatic carbocycles. The zero-order chi connectivity index (χ0) is 34.4. The van der Waals surface area contributed by atoms with Crippen LogP contribution in [0.2, 0.25) is 0 Å². The molecule has 0 amide bonds. The summed E-state index contributed by atoms with van der Waals surface area (Å²) in [6, 6.07) is 74.7. The van der Waals surface area contributed by atoms with E-state index in [0.717, 1.165) is 17.1 Å². The summed E-state index contributed by atoms with van der Waals surface area (Å²) in [5.41, 5.74) is 11.8. The smallest absolute Gasteiger partial charge is 0.0618 e. The fraction of sp³-hybridized carbons (Fsp3) is 0. The highest BCUT2D eigenvalue weighted by atomic mass is 15.1. The molecule has 0 aliphatic carbocycles. The molecular formula is C50H34N2. The maximum absolute atomic E-state index is 2.46. The van der Waals surface area contributed by atoms with Gasteiger partial charge in [0.05, 0.1) is 16.7 Å². The molecule has 0 atom stereocenters. The van der Waals surface area contributed by atoms with Gasteiger partial charge in [-0.2, -0.15) is 0 Å². The molecule has 244 valence electrons. The van der Waals surface area contributed by atoms with Crippen molar-refractivity contribution in [3.63, 3.8) is 0 Å². The zero-order valence-electron chi connectivity index (χ0n) is 28.5. The minimum Gasteiger partial charge on any atom is -0.309 e. The molecule has 0 unspecified atom stereocenters. The number of anilines is 3. The molecule has 2 nitrogen and oxygen atoms in total. The molecule has 0 radical (unpaired) electrons. The van der Waals surface area contributed by atoms with Gasteiger partial charge < -0.3 is 9.47 Å². The largest absolute Gasteiger partial charge is 0.309 e. The average Bonchev–Trinajstić information content (AvgIpc) is 3.55. The predicted molar refractivity (Wildman–Crippen MR) is 221 cm³/mol. The van der Waals surface area contributed by atoms with E-state index >= 15 is 0 Å². The van der Waals surface area contributed by atoms with Crippen molar-refractivity contribution in [2.24, 2.45) is 0 Å². The highest BCUT2D eigenvalue weighted by Gasteiger charge is 2.23. The van der Waals surface area contributed by atoms with E-state index in [9.17, 15) is 0 Å². The number of para-hydroxylation sites is 2. The van der Waals surface area contributed by atoms with E-state index in [0.29, 0.717) is 0 Å². The fourth-order valence-corrected chi connectivity index (χ4v) is 8.06. The number of benzene rings is 9. The maximum Gasteiger partial charge on any atom is 0.0618 e. The molecule has 0 spiro atoms. The zero-order valence-corrected chi connectivity index (χ0v) is 28.5. The van der Waals surface area contributed by atoms with Gasteiger partial charge in [-0.15, -0.1) is 0 Å². The molecule has 0 N–H and O–H groups in total. The van der Waals surface area contributed by atoms with Crippen molar-refractivity contribution in [2.75, 3.05) is 4.90 Å². The minimum absolute atomic E-state index is 1.11. The third-order valence-electron chi connectivity index (χ3n) is 10.3. The summed E-state index contributed by atoms with van der Waals surface area (Å²) in [6.45, 7) is 0. The summed E-state index contributed by atoms with van der Waals surface area (Å²) >= 11 is 0. The number of rotatable bonds is 6. The van der Waals surface area contributed by atoms with Gasteiger partial charge in [0.1, 0.15) is 0 Å². The van der Waals surface area contributed by atoms with E-state index < -0.39 is 0 Å². The van der Waals surface area contributed by atoms with Crippen molar-refractivity contribution >= 4 is 60.4 Å². The summed E-state index contributed by atoms with van der Waals surface area (Å²) in [7, 11) is 0. The molecule has 0 aliphatic heterocycles. The molecule has 0 saturated carbocycles. The Morgan fingerprint density at radius 3 is 1.40 bits per heavy atom. The lowest BCUT2D eigenvalue weighted by Gasteiger charge is -2.29. The Morgan fingerprint density at radius 1 is 0.308 bits per heavy atom. The number of nitrogens with zero attached hydrogens (tertiary/aromatic N) is 2. The van der Waals surface area contributed by atoms with Crippen molar-refractivity contribution in [1.29, 1.82) is 0 Å². The lowest BCUT2D eigenvalue weighted by atomic mass is 9.90. The second-order valence-corrected chi connectivity index (χ2v) is 13.3. The summed E-state index contributed by atoms with van der Waals surface area (Å²) < 4.78 is 2.40. The first-order valence-corrected chi connectivity index (χ1v) is 17.9. The van der Waals surface area contributed by atoms with E-state index in [1.807, 2.05) is 0 Å². The van der Waals surface area contributed by atoms with Crippen molar-refractivity contribution in [3.05, 3.63) is 206 Å². The number of hydrogen-bond donors (Lipinski definition) is 0. The van der Waals surface area contributed by atoms with Crippen LogP contribution in [0.5, 0.6) is 0 Å². The molecule has 0 bridgehead atoms. The van der Waals surface area contributed by atoms with E-state index in [1.54, 1.807) is 0 Å². The molecular weight excluding hydrogens is 629 g/mol. The topological polar surface area (TPSA) is 8.17 Å². The van der Waals surface area contributed by atoms with E-state index in [2.05, 4.69) is 216 Å². The van der Waals surface area contributed by atoms with Crippen molar-refractivity contribution in [2.45, 2.75) is 0 Å². The van der Waals surface area contributed by atoms with Gasteiger partial charge in [-0.3, -0.25) is 0 Å². The molecule has 1 aromatic heterocycles. The molecule has 0 aliphatic rings. The van der Waals surface area contributed by atoms with Crippen LogP contribution in [0.3, 0.4) is 0 Å². The lowest BCUT2D eigenvalue weighted by molar-refractivity contribution is 1.18. The normalized spacial score (nSPS) is 11.5. The number of hydrogen-bond acceptors (Lipinski definition) is 1. The number of aromatic nitrogens is 1. The molecule has 10 rings (SSSR count). The van der Waals surface area contributed by atoms with E-state index in [-0.39, 0.29) is 0 Å². The maximum atomic E-state index is 2.46. The van der Waals surface area contributed by atoms with Gasteiger partial charge in [0.25, 0.3) is 0 Å². The van der Waals surface area contributed by atoms with Gasteiger partial charge in [0.15, 0.2) is 0 Å². The van der Waals surface area contributed by atoms with Crippen LogP contribution in [0.4, 0.5) is 17.1 Å². The van der Waals surface area contributed by atoms with Crippen molar-refractivity contribution < 1.29 is 0 Å². The Morgan fingerprint density at radius 2 is 0.788 bits per heavy atom. The fourth-order valence-electron chi connectivity index (χ4n) is 8.06. The van der Waals surface area contributed by atoms with Gasteiger partial charge in [0, 0.05) is 38.6 Å². The molecule has 0 fully saturated rings. The van der Waals surface area contributed by atoms with Crippen LogP contribution in [0.1, 0.15) is 0 Å². The van der Waals surface area contributed by atoms with Crippen LogP contribution in [-0.2, 0) is 0 Å². The quantitative estimate of drug-likeness (QED) is 0.161. The monoisotopic (exact) mass is 662 g/mol. The third-order valence-corrected chi connectivity index (χ3v) is 10.3. The lowest BCUT2D eigenvalue weighted by Crippen LogP contribution is -2.11. The third kappa shape index (κ3) is 4.88. The number of fused-ring (bicyclic) bond motifs is 5. The highest BCUT2D eigenvalue weighted by molar-refractivity contribution is 6.22. The van der Waals surface area contributed by atoms with Crippen LogP contribution in [-0.4, -0.2) is 4.57 Å². The Bertz CT molecular complexity index is 2820. The minimum atomic E-state index is 1.11. The van der Waals surface area contributed by atoms with Gasteiger partial charge in [-0.05, 0) is 87.6 Å². The highest BCUT2D eigenvalue weighted by Crippen LogP contribution is 2.49. The Hall–Kier alpha value is -6.90. The van der Waals surface area contributed by atoms with E-state index in [1.165, 1.54) is 71.3 Å². The SMILES string of the molecule is c1ccc(-c2ccc3c(c2)c2cc(N(c4ccccc4)c4c5ccccc5c(-c5ccccc5)c5ccccc45)ccc2n3-c2ccccc2)cc1. The second-order valence-electron chi connectivity index (χ2n) is 13.3. The first kappa shape index (κ1) is 30.0. The Kier molecular flexibility index (Phi) is 7.18. The molecule has 52 heavy (non-hydrogen) atoms. The molecule has 0 saturated heterocycles. The van der Waals surface area contributed by atoms with E-state index in [4.69, 9.17) is 0 Å². The van der Waals surface area contributed by atoms with Crippen LogP contribution in [0.15, 0.2) is 206 Å². The summed E-state index contributed by atoms with van der Waals surface area (Å²) in [6.07, 6.45) is 0. The Labute approximate surface area is 303 Å². The predicted octanol–water partition coefficient (Wildman–Crippen LogP) is 13.9.